The Morgan fingerprint density at radius 2 is 1.95 bits per heavy atom. The number of rotatable bonds is 2. The van der Waals surface area contributed by atoms with E-state index in [0.717, 1.165) is 29.7 Å². The lowest BCUT2D eigenvalue weighted by molar-refractivity contribution is 0.0742. The summed E-state index contributed by atoms with van der Waals surface area (Å²) in [6.45, 7) is 7.58. The highest BCUT2D eigenvalue weighted by Crippen LogP contribution is 2.26. The maximum atomic E-state index is 12.6. The quantitative estimate of drug-likeness (QED) is 0.906. The van der Waals surface area contributed by atoms with Crippen molar-refractivity contribution in [2.45, 2.75) is 33.2 Å². The fourth-order valence-corrected chi connectivity index (χ4v) is 2.89. The highest BCUT2D eigenvalue weighted by Gasteiger charge is 2.32. The Hall–Kier alpha value is -1.06. The molecule has 1 heterocycles. The molecule has 1 saturated heterocycles. The van der Waals surface area contributed by atoms with Gasteiger partial charge in [0.05, 0.1) is 0 Å². The third-order valence-electron chi connectivity index (χ3n) is 3.95. The van der Waals surface area contributed by atoms with Gasteiger partial charge < -0.3 is 10.6 Å². The molecule has 0 aliphatic carbocycles. The summed E-state index contributed by atoms with van der Waals surface area (Å²) in [5.41, 5.74) is 8.70. The molecule has 1 amide bonds. The van der Waals surface area contributed by atoms with Crippen molar-refractivity contribution >= 4 is 18.3 Å². The molecule has 1 fully saturated rings. The fraction of sp³-hybridized carbons (Fsp3) is 0.533. The van der Waals surface area contributed by atoms with Gasteiger partial charge in [0, 0.05) is 18.2 Å². The van der Waals surface area contributed by atoms with Gasteiger partial charge in [0.1, 0.15) is 0 Å². The smallest absolute Gasteiger partial charge is 0.254 e. The number of amides is 1. The number of hydrogen-bond acceptors (Lipinski definition) is 2. The highest BCUT2D eigenvalue weighted by molar-refractivity contribution is 5.97. The molecule has 1 aliphatic heterocycles. The van der Waals surface area contributed by atoms with Crippen molar-refractivity contribution in [3.8, 4) is 0 Å². The van der Waals surface area contributed by atoms with Gasteiger partial charge in [-0.2, -0.15) is 0 Å². The molecule has 0 bridgehead atoms. The van der Waals surface area contributed by atoms with Crippen LogP contribution < -0.4 is 5.73 Å². The standard InChI is InChI=1S/C15H22N2O.ClH/c1-10-5-4-6-11(2)14(10)15(18)17-9-13(8-16)7-12(17)3;/h4-6,12-13H,7-9,16H2,1-3H3;1H. The second-order valence-corrected chi connectivity index (χ2v) is 5.41. The molecule has 2 unspecified atom stereocenters. The predicted octanol–water partition coefficient (Wildman–Crippen LogP) is 2.53. The van der Waals surface area contributed by atoms with Gasteiger partial charge in [0.25, 0.3) is 5.91 Å². The summed E-state index contributed by atoms with van der Waals surface area (Å²) in [4.78, 5) is 14.6. The molecule has 106 valence electrons. The van der Waals surface area contributed by atoms with Crippen LogP contribution in [-0.4, -0.2) is 29.9 Å². The molecule has 1 aromatic carbocycles. The zero-order valence-electron chi connectivity index (χ0n) is 11.8. The molecule has 19 heavy (non-hydrogen) atoms. The molecule has 4 heteroatoms. The molecule has 3 nitrogen and oxygen atoms in total. The maximum absolute atomic E-state index is 12.6. The van der Waals surface area contributed by atoms with E-state index in [1.165, 1.54) is 0 Å². The van der Waals surface area contributed by atoms with E-state index in [0.29, 0.717) is 18.5 Å². The van der Waals surface area contributed by atoms with E-state index in [2.05, 4.69) is 6.92 Å². The van der Waals surface area contributed by atoms with Gasteiger partial charge in [-0.05, 0) is 50.8 Å². The van der Waals surface area contributed by atoms with Gasteiger partial charge in [-0.25, -0.2) is 0 Å². The number of nitrogens with two attached hydrogens (primary N) is 1. The zero-order chi connectivity index (χ0) is 13.3. The minimum absolute atomic E-state index is 0. The highest BCUT2D eigenvalue weighted by atomic mass is 35.5. The van der Waals surface area contributed by atoms with E-state index in [9.17, 15) is 4.79 Å². The van der Waals surface area contributed by atoms with Crippen molar-refractivity contribution in [3.05, 3.63) is 34.9 Å². The van der Waals surface area contributed by atoms with Crippen LogP contribution in [0.15, 0.2) is 18.2 Å². The minimum Gasteiger partial charge on any atom is -0.336 e. The summed E-state index contributed by atoms with van der Waals surface area (Å²) in [5, 5.41) is 0. The Morgan fingerprint density at radius 3 is 2.42 bits per heavy atom. The third kappa shape index (κ3) is 3.10. The average molecular weight is 283 g/mol. The van der Waals surface area contributed by atoms with Crippen molar-refractivity contribution in [1.82, 2.24) is 4.90 Å². The Morgan fingerprint density at radius 1 is 1.37 bits per heavy atom. The summed E-state index contributed by atoms with van der Waals surface area (Å²) in [6.07, 6.45) is 1.02. The number of carbonyl (C=O) groups excluding carboxylic acids is 1. The number of benzene rings is 1. The van der Waals surface area contributed by atoms with Gasteiger partial charge in [0.15, 0.2) is 0 Å². The van der Waals surface area contributed by atoms with Crippen molar-refractivity contribution in [2.24, 2.45) is 11.7 Å². The minimum atomic E-state index is 0. The van der Waals surface area contributed by atoms with Gasteiger partial charge in [-0.3, -0.25) is 4.79 Å². The first kappa shape index (κ1) is 16.0. The summed E-state index contributed by atoms with van der Waals surface area (Å²) < 4.78 is 0. The third-order valence-corrected chi connectivity index (χ3v) is 3.95. The lowest BCUT2D eigenvalue weighted by Gasteiger charge is -2.23. The molecule has 0 radical (unpaired) electrons. The average Bonchev–Trinajstić information content (AvgIpc) is 2.70. The number of nitrogens with zero attached hydrogens (tertiary/aromatic N) is 1. The van der Waals surface area contributed by atoms with Crippen LogP contribution in [-0.2, 0) is 0 Å². The number of carbonyl (C=O) groups is 1. The van der Waals surface area contributed by atoms with E-state index < -0.39 is 0 Å². The summed E-state index contributed by atoms with van der Waals surface area (Å²) in [5.74, 6) is 0.613. The molecule has 2 N–H and O–H groups in total. The lowest BCUT2D eigenvalue weighted by atomic mass is 10.0. The van der Waals surface area contributed by atoms with Crippen molar-refractivity contribution in [3.63, 3.8) is 0 Å². The van der Waals surface area contributed by atoms with E-state index in [1.807, 2.05) is 36.9 Å². The van der Waals surface area contributed by atoms with Crippen molar-refractivity contribution in [1.29, 1.82) is 0 Å². The Balaban J connectivity index is 0.00000180. The molecular weight excluding hydrogens is 260 g/mol. The van der Waals surface area contributed by atoms with E-state index >= 15 is 0 Å². The first-order valence-corrected chi connectivity index (χ1v) is 6.61. The molecule has 2 atom stereocenters. The predicted molar refractivity (Wildman–Crippen MR) is 80.8 cm³/mol. The molecule has 0 saturated carbocycles. The number of aryl methyl sites for hydroxylation is 2. The van der Waals surface area contributed by atoms with Crippen LogP contribution in [0.3, 0.4) is 0 Å². The fourth-order valence-electron chi connectivity index (χ4n) is 2.89. The van der Waals surface area contributed by atoms with Crippen LogP contribution in [0.2, 0.25) is 0 Å². The summed E-state index contributed by atoms with van der Waals surface area (Å²) in [7, 11) is 0. The maximum Gasteiger partial charge on any atom is 0.254 e. The molecular formula is C15H23ClN2O. The number of halogens is 1. The summed E-state index contributed by atoms with van der Waals surface area (Å²) >= 11 is 0. The second kappa shape index (κ2) is 6.40. The lowest BCUT2D eigenvalue weighted by Crippen LogP contribution is -2.35. The van der Waals surface area contributed by atoms with E-state index in [-0.39, 0.29) is 18.3 Å². The topological polar surface area (TPSA) is 46.3 Å². The first-order chi connectivity index (χ1) is 8.54. The van der Waals surface area contributed by atoms with Crippen LogP contribution in [0.4, 0.5) is 0 Å². The van der Waals surface area contributed by atoms with E-state index in [4.69, 9.17) is 5.73 Å². The van der Waals surface area contributed by atoms with Crippen LogP contribution in [0.5, 0.6) is 0 Å². The monoisotopic (exact) mass is 282 g/mol. The molecule has 0 aromatic heterocycles. The molecule has 2 rings (SSSR count). The normalized spacial score (nSPS) is 22.2. The summed E-state index contributed by atoms with van der Waals surface area (Å²) in [6, 6.07) is 6.30. The van der Waals surface area contributed by atoms with Crippen molar-refractivity contribution < 1.29 is 4.79 Å². The van der Waals surface area contributed by atoms with Gasteiger partial charge >= 0.3 is 0 Å². The van der Waals surface area contributed by atoms with Crippen LogP contribution in [0.25, 0.3) is 0 Å². The first-order valence-electron chi connectivity index (χ1n) is 6.61. The van der Waals surface area contributed by atoms with Gasteiger partial charge in [-0.1, -0.05) is 18.2 Å². The van der Waals surface area contributed by atoms with Gasteiger partial charge in [0.2, 0.25) is 0 Å². The van der Waals surface area contributed by atoms with Crippen molar-refractivity contribution in [2.75, 3.05) is 13.1 Å². The molecule has 1 aliphatic rings. The van der Waals surface area contributed by atoms with Crippen LogP contribution >= 0.6 is 12.4 Å². The SMILES string of the molecule is Cc1cccc(C)c1C(=O)N1CC(CN)CC1C.Cl. The Labute approximate surface area is 121 Å². The largest absolute Gasteiger partial charge is 0.336 e. The van der Waals surface area contributed by atoms with E-state index in [1.54, 1.807) is 0 Å². The van der Waals surface area contributed by atoms with Gasteiger partial charge in [-0.15, -0.1) is 12.4 Å². The number of hydrogen-bond donors (Lipinski definition) is 1. The molecule has 0 spiro atoms. The Kier molecular flexibility index (Phi) is 5.39. The molecule has 1 aromatic rings. The number of likely N-dealkylation sites (tertiary alicyclic amines) is 1. The second-order valence-electron chi connectivity index (χ2n) is 5.41. The Bertz CT molecular complexity index is 441. The van der Waals surface area contributed by atoms with Crippen LogP contribution in [0.1, 0.15) is 34.8 Å². The van der Waals surface area contributed by atoms with Crippen LogP contribution in [0, 0.1) is 19.8 Å². The zero-order valence-corrected chi connectivity index (χ0v) is 12.7.